The van der Waals surface area contributed by atoms with Crippen molar-refractivity contribution >= 4 is 34.8 Å². The van der Waals surface area contributed by atoms with Gasteiger partial charge in [0.2, 0.25) is 0 Å². The van der Waals surface area contributed by atoms with Crippen molar-refractivity contribution < 1.29 is 9.47 Å². The zero-order valence-electron chi connectivity index (χ0n) is 13.9. The van der Waals surface area contributed by atoms with Crippen molar-refractivity contribution in [2.75, 3.05) is 19.5 Å². The zero-order chi connectivity index (χ0) is 18.0. The molecule has 1 fully saturated rings. The largest absolute Gasteiger partial charge is 0.493 e. The smallest absolute Gasteiger partial charge is 0.193 e. The first kappa shape index (κ1) is 17.7. The zero-order valence-corrected chi connectivity index (χ0v) is 15.4. The van der Waals surface area contributed by atoms with E-state index in [-0.39, 0.29) is 12.0 Å². The van der Waals surface area contributed by atoms with Crippen LogP contribution in [0.5, 0.6) is 11.5 Å². The fraction of sp³-hybridized carbons (Fsp3) is 0.278. The monoisotopic (exact) mass is 379 g/mol. The number of anilines is 1. The summed E-state index contributed by atoms with van der Waals surface area (Å²) in [6.07, 6.45) is 0.912. The van der Waals surface area contributed by atoms with Crippen molar-refractivity contribution in [3.63, 3.8) is 0 Å². The summed E-state index contributed by atoms with van der Waals surface area (Å²) in [5, 5.41) is 4.37. The van der Waals surface area contributed by atoms with Gasteiger partial charge in [-0.05, 0) is 36.2 Å². The van der Waals surface area contributed by atoms with Gasteiger partial charge in [0, 0.05) is 27.7 Å². The SMILES string of the molecule is COc1ccc(NC(N)=N[C@@H]2C[C@H]2c2ccc(Cl)cc2Cl)cc1OC. The first-order valence-corrected chi connectivity index (χ1v) is 8.54. The number of hydrogen-bond donors (Lipinski definition) is 2. The lowest BCUT2D eigenvalue weighted by Gasteiger charge is -2.11. The molecule has 2 atom stereocenters. The molecule has 0 aliphatic heterocycles. The number of benzene rings is 2. The predicted octanol–water partition coefficient (Wildman–Crippen LogP) is 4.29. The van der Waals surface area contributed by atoms with Crippen LogP contribution in [0.15, 0.2) is 41.4 Å². The molecule has 0 spiro atoms. The summed E-state index contributed by atoms with van der Waals surface area (Å²) in [7, 11) is 3.18. The molecule has 0 bridgehead atoms. The van der Waals surface area contributed by atoms with Crippen LogP contribution >= 0.6 is 23.2 Å². The van der Waals surface area contributed by atoms with E-state index in [0.717, 1.165) is 17.7 Å². The van der Waals surface area contributed by atoms with Crippen LogP contribution in [-0.2, 0) is 0 Å². The second kappa shape index (κ2) is 7.42. The highest BCUT2D eigenvalue weighted by molar-refractivity contribution is 6.35. The number of nitrogens with zero attached hydrogens (tertiary/aromatic N) is 1. The molecule has 1 saturated carbocycles. The number of hydrogen-bond acceptors (Lipinski definition) is 3. The van der Waals surface area contributed by atoms with Crippen LogP contribution in [0.4, 0.5) is 5.69 Å². The van der Waals surface area contributed by atoms with Gasteiger partial charge < -0.3 is 20.5 Å². The van der Waals surface area contributed by atoms with Gasteiger partial charge in [-0.1, -0.05) is 29.3 Å². The molecule has 0 saturated heterocycles. The van der Waals surface area contributed by atoms with E-state index in [1.54, 1.807) is 20.3 Å². The third-order valence-corrected chi connectivity index (χ3v) is 4.64. The van der Waals surface area contributed by atoms with E-state index in [9.17, 15) is 0 Å². The van der Waals surface area contributed by atoms with Gasteiger partial charge in [-0.2, -0.15) is 0 Å². The van der Waals surface area contributed by atoms with E-state index < -0.39 is 0 Å². The van der Waals surface area contributed by atoms with Crippen molar-refractivity contribution in [1.29, 1.82) is 0 Å². The first-order chi connectivity index (χ1) is 12.0. The number of nitrogens with one attached hydrogen (secondary N) is 1. The Kier molecular flexibility index (Phi) is 5.25. The molecule has 0 radical (unpaired) electrons. The van der Waals surface area contributed by atoms with Gasteiger partial charge in [0.05, 0.1) is 20.3 Å². The van der Waals surface area contributed by atoms with Gasteiger partial charge in [0.15, 0.2) is 17.5 Å². The van der Waals surface area contributed by atoms with Crippen LogP contribution in [0.25, 0.3) is 0 Å². The molecule has 0 aromatic heterocycles. The maximum absolute atomic E-state index is 6.25. The Morgan fingerprint density at radius 1 is 1.12 bits per heavy atom. The molecule has 2 aromatic rings. The highest BCUT2D eigenvalue weighted by Gasteiger charge is 2.39. The van der Waals surface area contributed by atoms with Crippen molar-refractivity contribution in [2.24, 2.45) is 10.7 Å². The number of aliphatic imine (C=N–C) groups is 1. The third-order valence-electron chi connectivity index (χ3n) is 4.08. The highest BCUT2D eigenvalue weighted by Crippen LogP contribution is 2.46. The van der Waals surface area contributed by atoms with Crippen LogP contribution in [0.1, 0.15) is 17.9 Å². The minimum atomic E-state index is 0.117. The van der Waals surface area contributed by atoms with E-state index in [2.05, 4.69) is 10.3 Å². The van der Waals surface area contributed by atoms with E-state index in [4.69, 9.17) is 38.4 Å². The molecular formula is C18H19Cl2N3O2. The number of guanidine groups is 1. The lowest BCUT2D eigenvalue weighted by atomic mass is 10.1. The Morgan fingerprint density at radius 3 is 2.56 bits per heavy atom. The lowest BCUT2D eigenvalue weighted by molar-refractivity contribution is 0.355. The fourth-order valence-electron chi connectivity index (χ4n) is 2.73. The number of rotatable bonds is 5. The summed E-state index contributed by atoms with van der Waals surface area (Å²) in [5.74, 6) is 1.90. The van der Waals surface area contributed by atoms with Gasteiger partial charge in [-0.25, -0.2) is 4.99 Å². The molecule has 3 N–H and O–H groups in total. The molecule has 1 aliphatic carbocycles. The molecule has 0 amide bonds. The number of methoxy groups -OCH3 is 2. The topological polar surface area (TPSA) is 68.9 Å². The quantitative estimate of drug-likeness (QED) is 0.600. The second-order valence-corrected chi connectivity index (χ2v) is 6.63. The molecule has 132 valence electrons. The highest BCUT2D eigenvalue weighted by atomic mass is 35.5. The van der Waals surface area contributed by atoms with Gasteiger partial charge in [0.1, 0.15) is 0 Å². The lowest BCUT2D eigenvalue weighted by Crippen LogP contribution is -2.23. The first-order valence-electron chi connectivity index (χ1n) is 7.79. The normalized spacial score (nSPS) is 19.4. The van der Waals surface area contributed by atoms with Crippen molar-refractivity contribution in [3.05, 3.63) is 52.0 Å². The van der Waals surface area contributed by atoms with E-state index in [1.165, 1.54) is 0 Å². The summed E-state index contributed by atoms with van der Waals surface area (Å²) in [6.45, 7) is 0. The molecule has 2 aromatic carbocycles. The minimum absolute atomic E-state index is 0.117. The van der Waals surface area contributed by atoms with E-state index in [1.807, 2.05) is 30.3 Å². The standard InChI is InChI=1S/C18H19Cl2N3O2/c1-24-16-6-4-11(8-17(16)25-2)22-18(21)23-15-9-13(15)12-5-3-10(19)7-14(12)20/h3-8,13,15H,9H2,1-2H3,(H3,21,22,23)/t13-,15+/m0/s1. The Bertz CT molecular complexity index is 811. The number of ether oxygens (including phenoxy) is 2. The summed E-state index contributed by atoms with van der Waals surface area (Å²) >= 11 is 12.2. The Labute approximate surface area is 156 Å². The number of halogens is 2. The average Bonchev–Trinajstić information content (AvgIpc) is 3.33. The summed E-state index contributed by atoms with van der Waals surface area (Å²) in [6, 6.07) is 11.1. The maximum Gasteiger partial charge on any atom is 0.193 e. The van der Waals surface area contributed by atoms with Crippen LogP contribution in [-0.4, -0.2) is 26.2 Å². The molecule has 0 unspecified atom stereocenters. The number of nitrogens with two attached hydrogens (primary N) is 1. The van der Waals surface area contributed by atoms with E-state index >= 15 is 0 Å². The van der Waals surface area contributed by atoms with Crippen LogP contribution in [0.2, 0.25) is 10.0 Å². The molecular weight excluding hydrogens is 361 g/mol. The van der Waals surface area contributed by atoms with Gasteiger partial charge in [-0.15, -0.1) is 0 Å². The Hall–Kier alpha value is -2.11. The van der Waals surface area contributed by atoms with Crippen molar-refractivity contribution in [3.8, 4) is 11.5 Å². The van der Waals surface area contributed by atoms with Gasteiger partial charge >= 0.3 is 0 Å². The minimum Gasteiger partial charge on any atom is -0.493 e. The Morgan fingerprint density at radius 2 is 1.88 bits per heavy atom. The van der Waals surface area contributed by atoms with Crippen LogP contribution in [0, 0.1) is 0 Å². The van der Waals surface area contributed by atoms with Crippen LogP contribution in [0.3, 0.4) is 0 Å². The maximum atomic E-state index is 6.25. The Balaban J connectivity index is 1.67. The molecule has 5 nitrogen and oxygen atoms in total. The third kappa shape index (κ3) is 4.11. The van der Waals surface area contributed by atoms with Crippen molar-refractivity contribution in [2.45, 2.75) is 18.4 Å². The van der Waals surface area contributed by atoms with E-state index in [0.29, 0.717) is 27.5 Å². The molecule has 1 aliphatic rings. The molecule has 0 heterocycles. The molecule has 25 heavy (non-hydrogen) atoms. The van der Waals surface area contributed by atoms with Crippen LogP contribution < -0.4 is 20.5 Å². The molecule has 7 heteroatoms. The summed E-state index contributed by atoms with van der Waals surface area (Å²) in [5.41, 5.74) is 7.86. The fourth-order valence-corrected chi connectivity index (χ4v) is 3.28. The summed E-state index contributed by atoms with van der Waals surface area (Å²) in [4.78, 5) is 4.52. The predicted molar refractivity (Wildman–Crippen MR) is 102 cm³/mol. The summed E-state index contributed by atoms with van der Waals surface area (Å²) < 4.78 is 10.5. The van der Waals surface area contributed by atoms with Gasteiger partial charge in [0.25, 0.3) is 0 Å². The van der Waals surface area contributed by atoms with Gasteiger partial charge in [-0.3, -0.25) is 0 Å². The average molecular weight is 380 g/mol. The van der Waals surface area contributed by atoms with Crippen molar-refractivity contribution in [1.82, 2.24) is 0 Å². The second-order valence-electron chi connectivity index (χ2n) is 5.78. The molecule has 3 rings (SSSR count).